The van der Waals surface area contributed by atoms with Crippen molar-refractivity contribution in [1.29, 1.82) is 0 Å². The monoisotopic (exact) mass is 242 g/mol. The van der Waals surface area contributed by atoms with Gasteiger partial charge in [0.05, 0.1) is 0 Å². The molecule has 0 radical (unpaired) electrons. The standard InChI is InChI=1S/C14H23FS/c1-12(2,3)14(6,15)10-13(4,5)11-7-8-16-9-11/h7-9H,10H2,1-6H3. The van der Waals surface area contributed by atoms with Gasteiger partial charge < -0.3 is 0 Å². The molecule has 1 heterocycles. The Hall–Kier alpha value is -0.370. The first kappa shape index (κ1) is 13.7. The summed E-state index contributed by atoms with van der Waals surface area (Å²) in [7, 11) is 0. The fourth-order valence-corrected chi connectivity index (χ4v) is 2.69. The van der Waals surface area contributed by atoms with Crippen LogP contribution >= 0.6 is 11.3 Å². The third-order valence-corrected chi connectivity index (χ3v) is 4.32. The minimum atomic E-state index is -1.15. The highest BCUT2D eigenvalue weighted by molar-refractivity contribution is 7.08. The van der Waals surface area contributed by atoms with E-state index >= 15 is 0 Å². The zero-order valence-corrected chi connectivity index (χ0v) is 12.0. The smallest absolute Gasteiger partial charge is 0.113 e. The van der Waals surface area contributed by atoms with Crippen LogP contribution in [0.2, 0.25) is 0 Å². The van der Waals surface area contributed by atoms with Crippen molar-refractivity contribution >= 4 is 11.3 Å². The van der Waals surface area contributed by atoms with Crippen molar-refractivity contribution < 1.29 is 4.39 Å². The molecule has 0 aliphatic carbocycles. The maximum atomic E-state index is 14.7. The summed E-state index contributed by atoms with van der Waals surface area (Å²) in [5, 5.41) is 4.18. The molecule has 0 aromatic carbocycles. The fourth-order valence-electron chi connectivity index (χ4n) is 1.85. The Morgan fingerprint density at radius 2 is 1.69 bits per heavy atom. The molecule has 0 aliphatic heterocycles. The van der Waals surface area contributed by atoms with Crippen molar-refractivity contribution in [3.8, 4) is 0 Å². The molecule has 0 amide bonds. The first-order chi connectivity index (χ1) is 7.06. The summed E-state index contributed by atoms with van der Waals surface area (Å²) < 4.78 is 14.7. The Morgan fingerprint density at radius 3 is 2.06 bits per heavy atom. The van der Waals surface area contributed by atoms with Crippen LogP contribution in [0.4, 0.5) is 4.39 Å². The van der Waals surface area contributed by atoms with Gasteiger partial charge in [-0.3, -0.25) is 0 Å². The summed E-state index contributed by atoms with van der Waals surface area (Å²) >= 11 is 1.68. The van der Waals surface area contributed by atoms with Gasteiger partial charge in [0.25, 0.3) is 0 Å². The van der Waals surface area contributed by atoms with Crippen molar-refractivity contribution in [2.45, 2.75) is 59.0 Å². The number of alkyl halides is 1. The van der Waals surface area contributed by atoms with Crippen LogP contribution < -0.4 is 0 Å². The molecule has 1 aromatic heterocycles. The van der Waals surface area contributed by atoms with Crippen molar-refractivity contribution in [1.82, 2.24) is 0 Å². The highest BCUT2D eigenvalue weighted by Crippen LogP contribution is 2.43. The molecule has 0 aliphatic rings. The normalized spacial score (nSPS) is 17.2. The second kappa shape index (κ2) is 4.14. The summed E-state index contributed by atoms with van der Waals surface area (Å²) in [5.74, 6) is 0. The first-order valence-electron chi connectivity index (χ1n) is 5.78. The van der Waals surface area contributed by atoms with E-state index in [1.807, 2.05) is 20.8 Å². The third kappa shape index (κ3) is 2.85. The molecule has 0 spiro atoms. The van der Waals surface area contributed by atoms with Crippen LogP contribution in [0.3, 0.4) is 0 Å². The molecule has 1 rings (SSSR count). The van der Waals surface area contributed by atoms with Crippen molar-refractivity contribution in [3.05, 3.63) is 22.4 Å². The van der Waals surface area contributed by atoms with Gasteiger partial charge in [0.1, 0.15) is 5.67 Å². The summed E-state index contributed by atoms with van der Waals surface area (Å²) in [6.07, 6.45) is 0.556. The van der Waals surface area contributed by atoms with Gasteiger partial charge in [0.2, 0.25) is 0 Å². The number of hydrogen-bond donors (Lipinski definition) is 0. The summed E-state index contributed by atoms with van der Waals surface area (Å²) in [6, 6.07) is 2.10. The Balaban J connectivity index is 2.89. The van der Waals surface area contributed by atoms with Gasteiger partial charge in [-0.1, -0.05) is 34.6 Å². The lowest BCUT2D eigenvalue weighted by Gasteiger charge is -2.40. The topological polar surface area (TPSA) is 0 Å². The van der Waals surface area contributed by atoms with Gasteiger partial charge in [-0.25, -0.2) is 4.39 Å². The predicted molar refractivity (Wildman–Crippen MR) is 70.9 cm³/mol. The molecule has 0 saturated heterocycles. The van der Waals surface area contributed by atoms with Crippen molar-refractivity contribution in [3.63, 3.8) is 0 Å². The summed E-state index contributed by atoms with van der Waals surface area (Å²) in [6.45, 7) is 11.9. The average molecular weight is 242 g/mol. The van der Waals surface area contributed by atoms with Crippen LogP contribution in [-0.2, 0) is 5.41 Å². The Labute approximate surface area is 103 Å². The zero-order valence-electron chi connectivity index (χ0n) is 11.2. The number of hydrogen-bond acceptors (Lipinski definition) is 1. The van der Waals surface area contributed by atoms with Gasteiger partial charge in [-0.15, -0.1) is 0 Å². The maximum Gasteiger partial charge on any atom is 0.113 e. The molecule has 1 aromatic rings. The zero-order chi connectivity index (χ0) is 12.6. The van der Waals surface area contributed by atoms with Crippen LogP contribution in [0, 0.1) is 5.41 Å². The Kier molecular flexibility index (Phi) is 3.54. The highest BCUT2D eigenvalue weighted by atomic mass is 32.1. The minimum Gasteiger partial charge on any atom is -0.244 e. The maximum absolute atomic E-state index is 14.7. The second-order valence-corrected chi connectivity index (χ2v) is 7.30. The lowest BCUT2D eigenvalue weighted by molar-refractivity contribution is 0.0207. The van der Waals surface area contributed by atoms with Crippen LogP contribution in [0.1, 0.15) is 53.5 Å². The van der Waals surface area contributed by atoms with Gasteiger partial charge in [-0.05, 0) is 46.6 Å². The van der Waals surface area contributed by atoms with Gasteiger partial charge >= 0.3 is 0 Å². The van der Waals surface area contributed by atoms with Gasteiger partial charge in [0.15, 0.2) is 0 Å². The summed E-state index contributed by atoms with van der Waals surface area (Å²) in [5.41, 5.74) is -0.333. The second-order valence-electron chi connectivity index (χ2n) is 6.52. The lowest BCUT2D eigenvalue weighted by atomic mass is 9.68. The van der Waals surface area contributed by atoms with Crippen LogP contribution in [0.25, 0.3) is 0 Å². The molecular weight excluding hydrogens is 219 g/mol. The van der Waals surface area contributed by atoms with E-state index in [1.54, 1.807) is 18.3 Å². The quantitative estimate of drug-likeness (QED) is 0.684. The van der Waals surface area contributed by atoms with E-state index in [4.69, 9.17) is 0 Å². The van der Waals surface area contributed by atoms with E-state index in [0.29, 0.717) is 6.42 Å². The lowest BCUT2D eigenvalue weighted by Crippen LogP contribution is -2.40. The van der Waals surface area contributed by atoms with Crippen molar-refractivity contribution in [2.24, 2.45) is 5.41 Å². The average Bonchev–Trinajstić information content (AvgIpc) is 2.50. The van der Waals surface area contributed by atoms with Crippen LogP contribution in [-0.4, -0.2) is 5.67 Å². The molecule has 1 atom stereocenters. The minimum absolute atomic E-state index is 0.100. The van der Waals surface area contributed by atoms with E-state index < -0.39 is 5.67 Å². The van der Waals surface area contributed by atoms with Crippen LogP contribution in [0.15, 0.2) is 16.8 Å². The molecule has 0 nitrogen and oxygen atoms in total. The predicted octanol–water partition coefficient (Wildman–Crippen LogP) is 5.19. The van der Waals surface area contributed by atoms with E-state index in [0.717, 1.165) is 0 Å². The molecule has 0 fully saturated rings. The molecule has 16 heavy (non-hydrogen) atoms. The van der Waals surface area contributed by atoms with Crippen molar-refractivity contribution in [2.75, 3.05) is 0 Å². The number of thiophene rings is 1. The van der Waals surface area contributed by atoms with E-state index in [9.17, 15) is 4.39 Å². The van der Waals surface area contributed by atoms with E-state index in [-0.39, 0.29) is 10.8 Å². The van der Waals surface area contributed by atoms with Gasteiger partial charge in [-0.2, -0.15) is 11.3 Å². The fraction of sp³-hybridized carbons (Fsp3) is 0.714. The molecule has 92 valence electrons. The molecule has 2 heteroatoms. The number of rotatable bonds is 3. The Bertz CT molecular complexity index is 328. The molecule has 0 bridgehead atoms. The highest BCUT2D eigenvalue weighted by Gasteiger charge is 2.42. The third-order valence-electron chi connectivity index (χ3n) is 3.64. The largest absolute Gasteiger partial charge is 0.244 e. The first-order valence-corrected chi connectivity index (χ1v) is 6.72. The summed E-state index contributed by atoms with van der Waals surface area (Å²) in [4.78, 5) is 0. The SMILES string of the molecule is CC(C)(CC(C)(F)C(C)(C)C)c1ccsc1. The van der Waals surface area contributed by atoms with E-state index in [1.165, 1.54) is 5.56 Å². The van der Waals surface area contributed by atoms with Gasteiger partial charge in [0, 0.05) is 0 Å². The molecule has 0 saturated carbocycles. The number of halogens is 1. The van der Waals surface area contributed by atoms with E-state index in [2.05, 4.69) is 30.7 Å². The Morgan fingerprint density at radius 1 is 1.12 bits per heavy atom. The molecular formula is C14H23FS. The molecule has 0 N–H and O–H groups in total. The molecule has 1 unspecified atom stereocenters. The van der Waals surface area contributed by atoms with Crippen LogP contribution in [0.5, 0.6) is 0 Å².